The average Bonchev–Trinajstić information content (AvgIpc) is 2.96. The first kappa shape index (κ1) is 29.3. The zero-order valence-electron chi connectivity index (χ0n) is 21.5. The Labute approximate surface area is 237 Å². The van der Waals surface area contributed by atoms with Gasteiger partial charge in [0.15, 0.2) is 11.5 Å². The van der Waals surface area contributed by atoms with Crippen molar-refractivity contribution in [3.63, 3.8) is 0 Å². The maximum Gasteiger partial charge on any atom is 0.598 e. The summed E-state index contributed by atoms with van der Waals surface area (Å²) in [5, 5.41) is 17.3. The fourth-order valence-corrected chi connectivity index (χ4v) is 6.24. The zero-order valence-corrected chi connectivity index (χ0v) is 23.3. The Balaban J connectivity index is 0.000000417. The summed E-state index contributed by atoms with van der Waals surface area (Å²) in [5.74, 6) is 0.580. The molecule has 0 saturated heterocycles. The van der Waals surface area contributed by atoms with Gasteiger partial charge < -0.3 is 28.3 Å². The summed E-state index contributed by atoms with van der Waals surface area (Å²) in [6, 6.07) is 39.2. The Morgan fingerprint density at radius 1 is 0.366 bits per heavy atom. The monoisotopic (exact) mass is 592 g/mol. The van der Waals surface area contributed by atoms with Gasteiger partial charge in [0, 0.05) is 0 Å². The van der Waals surface area contributed by atoms with Crippen LogP contribution in [0.3, 0.4) is 0 Å². The van der Waals surface area contributed by atoms with Gasteiger partial charge in [-0.05, 0) is 60.7 Å². The smallest absolute Gasteiger partial charge is 0.504 e. The van der Waals surface area contributed by atoms with E-state index in [-0.39, 0.29) is 34.5 Å². The minimum absolute atomic E-state index is 0.0764. The van der Waals surface area contributed by atoms with Crippen molar-refractivity contribution in [1.82, 2.24) is 0 Å². The van der Waals surface area contributed by atoms with Gasteiger partial charge in [0.25, 0.3) is 0 Å². The molecule has 0 heterocycles. The highest BCUT2D eigenvalue weighted by atomic mass is 31.3. The Morgan fingerprint density at radius 3 is 0.805 bits per heavy atom. The van der Waals surface area contributed by atoms with Crippen molar-refractivity contribution in [3.05, 3.63) is 146 Å². The number of hydrogen-bond acceptors (Lipinski definition) is 9. The van der Waals surface area contributed by atoms with Crippen LogP contribution in [0, 0.1) is 0 Å². The van der Waals surface area contributed by atoms with Gasteiger partial charge in [-0.25, -0.2) is 9.13 Å². The van der Waals surface area contributed by atoms with Gasteiger partial charge in [0.05, 0.1) is 0 Å². The maximum absolute atomic E-state index is 13.7. The van der Waals surface area contributed by atoms with E-state index in [0.717, 1.165) is 0 Å². The lowest BCUT2D eigenvalue weighted by Gasteiger charge is -2.23. The van der Waals surface area contributed by atoms with Gasteiger partial charge in [0.2, 0.25) is 0 Å². The van der Waals surface area contributed by atoms with Crippen molar-refractivity contribution in [1.29, 1.82) is 0 Å². The highest BCUT2D eigenvalue weighted by Crippen LogP contribution is 2.64. The van der Waals surface area contributed by atoms with Crippen LogP contribution in [0.5, 0.6) is 34.5 Å². The third-order valence-electron chi connectivity index (χ3n) is 4.92. The van der Waals surface area contributed by atoms with Gasteiger partial charge in [-0.3, -0.25) is 0 Å². The lowest BCUT2D eigenvalue weighted by molar-refractivity contribution is 0.243. The zero-order chi connectivity index (χ0) is 29.0. The molecule has 210 valence electrons. The predicted octanol–water partition coefficient (Wildman–Crippen LogP) is 8.63. The quantitative estimate of drug-likeness (QED) is 0.121. The Hall–Kier alpha value is -4.68. The minimum atomic E-state index is -4.57. The van der Waals surface area contributed by atoms with Crippen LogP contribution in [0.2, 0.25) is 0 Å². The summed E-state index contributed by atoms with van der Waals surface area (Å²) in [7, 11) is -9.14. The van der Waals surface area contributed by atoms with Crippen molar-refractivity contribution in [2.75, 3.05) is 0 Å². The van der Waals surface area contributed by atoms with E-state index in [1.165, 1.54) is 12.1 Å². The van der Waals surface area contributed by atoms with Crippen LogP contribution in [-0.2, 0) is 13.4 Å². The molecule has 0 saturated carbocycles. The fourth-order valence-electron chi connectivity index (χ4n) is 3.13. The summed E-state index contributed by atoms with van der Waals surface area (Å²) in [6.45, 7) is 0. The summed E-state index contributed by atoms with van der Waals surface area (Å²) >= 11 is 0. The first-order valence-electron chi connectivity index (χ1n) is 12.2. The molecule has 0 atom stereocenters. The minimum Gasteiger partial charge on any atom is -0.504 e. The molecule has 2 N–H and O–H groups in total. The van der Waals surface area contributed by atoms with Crippen LogP contribution in [0.4, 0.5) is 0 Å². The van der Waals surface area contributed by atoms with E-state index < -0.39 is 15.6 Å². The van der Waals surface area contributed by atoms with Crippen molar-refractivity contribution < 1.29 is 41.7 Å². The van der Waals surface area contributed by atoms with E-state index in [2.05, 4.69) is 0 Å². The van der Waals surface area contributed by atoms with Gasteiger partial charge in [-0.1, -0.05) is 84.9 Å². The molecule has 0 fully saturated rings. The topological polar surface area (TPSA) is 121 Å². The SMILES string of the molecule is O=P(Oc1ccccc1)(Oc1ccccc1)OP(=O)(Oc1ccccc1)Oc1ccccc1.Oc1ccccc1O. The molecular formula is C30H26O9P2. The predicted molar refractivity (Wildman–Crippen MR) is 154 cm³/mol. The molecule has 11 heteroatoms. The van der Waals surface area contributed by atoms with E-state index in [1.54, 1.807) is 133 Å². The number of phosphoric acid groups is 2. The molecule has 0 aliphatic heterocycles. The van der Waals surface area contributed by atoms with Crippen LogP contribution in [0.25, 0.3) is 0 Å². The first-order chi connectivity index (χ1) is 19.8. The fraction of sp³-hybridized carbons (Fsp3) is 0. The number of phenols is 2. The molecule has 0 aliphatic rings. The number of hydrogen-bond donors (Lipinski definition) is 2. The van der Waals surface area contributed by atoms with E-state index >= 15 is 0 Å². The van der Waals surface area contributed by atoms with E-state index in [9.17, 15) is 9.13 Å². The van der Waals surface area contributed by atoms with E-state index in [1.807, 2.05) is 0 Å². The van der Waals surface area contributed by atoms with Gasteiger partial charge in [-0.2, -0.15) is 0 Å². The van der Waals surface area contributed by atoms with Crippen molar-refractivity contribution in [2.45, 2.75) is 0 Å². The molecule has 41 heavy (non-hydrogen) atoms. The molecule has 0 amide bonds. The average molecular weight is 592 g/mol. The molecule has 5 rings (SSSR count). The third kappa shape index (κ3) is 9.48. The molecule has 9 nitrogen and oxygen atoms in total. The first-order valence-corrected chi connectivity index (χ1v) is 15.1. The van der Waals surface area contributed by atoms with Crippen LogP contribution in [0.15, 0.2) is 146 Å². The molecule has 0 unspecified atom stereocenters. The number of rotatable bonds is 10. The highest BCUT2D eigenvalue weighted by Gasteiger charge is 2.46. The standard InChI is InChI=1S/C24H20O7P2.C6H6O2/c25-32(27-21-13-5-1-6-14-21,28-22-15-7-2-8-16-22)31-33(26,29-23-17-9-3-10-18-23)30-24-19-11-4-12-20-24;7-5-3-1-2-4-6(5)8/h1-20H;1-4,7-8H. The molecule has 5 aromatic rings. The summed E-state index contributed by atoms with van der Waals surface area (Å²) in [5.41, 5.74) is 0. The van der Waals surface area contributed by atoms with Crippen LogP contribution >= 0.6 is 15.6 Å². The van der Waals surface area contributed by atoms with Crippen LogP contribution in [-0.4, -0.2) is 10.2 Å². The Bertz CT molecular complexity index is 1380. The lowest BCUT2D eigenvalue weighted by atomic mass is 10.3. The number of benzene rings is 5. The number of phenolic OH excluding ortho intramolecular Hbond substituents is 2. The third-order valence-corrected chi connectivity index (χ3v) is 8.26. The molecule has 0 aromatic heterocycles. The Morgan fingerprint density at radius 2 is 0.585 bits per heavy atom. The maximum atomic E-state index is 13.7. The van der Waals surface area contributed by atoms with Gasteiger partial charge >= 0.3 is 15.6 Å². The molecule has 0 bridgehead atoms. The normalized spacial score (nSPS) is 10.9. The molecule has 0 aliphatic carbocycles. The Kier molecular flexibility index (Phi) is 10.1. The van der Waals surface area contributed by atoms with Crippen LogP contribution in [0.1, 0.15) is 0 Å². The molecule has 5 aromatic carbocycles. The van der Waals surface area contributed by atoms with Crippen molar-refractivity contribution >= 4 is 15.6 Å². The second-order valence-electron chi connectivity index (χ2n) is 8.08. The highest BCUT2D eigenvalue weighted by molar-refractivity contribution is 7.63. The second-order valence-corrected chi connectivity index (χ2v) is 11.3. The summed E-state index contributed by atoms with van der Waals surface area (Å²) in [4.78, 5) is 0. The van der Waals surface area contributed by atoms with Gasteiger partial charge in [-0.15, -0.1) is 4.31 Å². The number of phosphoric ester groups is 2. The second kappa shape index (κ2) is 14.1. The number of aromatic hydroxyl groups is 2. The van der Waals surface area contributed by atoms with Gasteiger partial charge in [0.1, 0.15) is 23.0 Å². The summed E-state index contributed by atoms with van der Waals surface area (Å²) in [6.07, 6.45) is 0. The summed E-state index contributed by atoms with van der Waals surface area (Å²) < 4.78 is 55.2. The molecule has 0 radical (unpaired) electrons. The van der Waals surface area contributed by atoms with Crippen molar-refractivity contribution in [3.8, 4) is 34.5 Å². The van der Waals surface area contributed by atoms with E-state index in [0.29, 0.717) is 0 Å². The molecular weight excluding hydrogens is 566 g/mol. The molecule has 0 spiro atoms. The lowest BCUT2D eigenvalue weighted by Crippen LogP contribution is -2.10. The van der Waals surface area contributed by atoms with Crippen molar-refractivity contribution in [2.24, 2.45) is 0 Å². The van der Waals surface area contributed by atoms with E-state index in [4.69, 9.17) is 32.6 Å². The number of para-hydroxylation sites is 6. The van der Waals surface area contributed by atoms with Crippen LogP contribution < -0.4 is 18.1 Å². The largest absolute Gasteiger partial charge is 0.598 e.